The molecule has 2 aromatic carbocycles. The van der Waals surface area contributed by atoms with Crippen molar-refractivity contribution < 1.29 is 39.6 Å². The highest BCUT2D eigenvalue weighted by Gasteiger charge is 2.23. The summed E-state index contributed by atoms with van der Waals surface area (Å²) in [6, 6.07) is 10.1. The lowest BCUT2D eigenvalue weighted by atomic mass is 10.0. The zero-order valence-corrected chi connectivity index (χ0v) is 31.9. The van der Waals surface area contributed by atoms with Gasteiger partial charge in [-0.3, -0.25) is 9.59 Å². The van der Waals surface area contributed by atoms with Gasteiger partial charge in [0.05, 0.1) is 0 Å². The van der Waals surface area contributed by atoms with E-state index in [2.05, 4.69) is 17.6 Å². The van der Waals surface area contributed by atoms with Crippen LogP contribution in [0.5, 0.6) is 11.5 Å². The van der Waals surface area contributed by atoms with E-state index in [0.29, 0.717) is 30.8 Å². The number of amides is 2. The molecule has 2 rings (SSSR count). The second kappa shape index (κ2) is 27.5. The summed E-state index contributed by atoms with van der Waals surface area (Å²) in [7, 11) is 0. The number of unbranched alkanes of at least 4 members (excludes halogenated alkanes) is 15. The molecule has 0 aliphatic heterocycles. The minimum Gasteiger partial charge on any atom is -0.508 e. The minimum absolute atomic E-state index is 0.0401. The number of rotatable bonds is 31. The molecular weight excluding hydrogens is 674 g/mol. The van der Waals surface area contributed by atoms with Crippen molar-refractivity contribution in [1.29, 1.82) is 0 Å². The molecule has 0 aromatic heterocycles. The van der Waals surface area contributed by atoms with Crippen molar-refractivity contribution in [2.75, 3.05) is 19.6 Å². The summed E-state index contributed by atoms with van der Waals surface area (Å²) in [4.78, 5) is 51.6. The van der Waals surface area contributed by atoms with E-state index in [9.17, 15) is 39.6 Å². The van der Waals surface area contributed by atoms with Crippen LogP contribution in [0.15, 0.2) is 48.5 Å². The smallest absolute Gasteiger partial charge is 0.326 e. The lowest BCUT2D eigenvalue weighted by molar-refractivity contribution is -0.142. The van der Waals surface area contributed by atoms with Gasteiger partial charge in [0.25, 0.3) is 0 Å². The highest BCUT2D eigenvalue weighted by Crippen LogP contribution is 2.15. The van der Waals surface area contributed by atoms with Crippen LogP contribution in [0.25, 0.3) is 0 Å². The maximum atomic E-state index is 12.9. The highest BCUT2D eigenvalue weighted by molar-refractivity contribution is 5.84. The van der Waals surface area contributed by atoms with Crippen LogP contribution in [0.2, 0.25) is 0 Å². The molecule has 6 N–H and O–H groups in total. The summed E-state index contributed by atoms with van der Waals surface area (Å²) in [6.07, 6.45) is 20.4. The predicted octanol–water partition coefficient (Wildman–Crippen LogP) is 7.37. The monoisotopic (exact) mass is 739 g/mol. The summed E-state index contributed by atoms with van der Waals surface area (Å²) >= 11 is 0. The molecule has 0 bridgehead atoms. The molecule has 0 radical (unpaired) electrons. The Kier molecular flexibility index (Phi) is 23.4. The third-order valence-electron chi connectivity index (χ3n) is 9.66. The summed E-state index contributed by atoms with van der Waals surface area (Å²) in [6.45, 7) is 3.55. The van der Waals surface area contributed by atoms with Crippen molar-refractivity contribution in [3.05, 3.63) is 59.7 Å². The molecule has 2 atom stereocenters. The van der Waals surface area contributed by atoms with Gasteiger partial charge in [0.1, 0.15) is 23.6 Å². The standard InChI is InChI=1S/C42H65N3O8/c1-2-3-4-5-6-7-8-9-10-11-12-13-14-15-16-17-28-45(29-26-39(48)43-37(41(50)51)31-33-18-22-35(46)23-19-33)30-27-40(49)44-38(42(52)53)32-34-20-24-36(47)25-21-34/h18-25,37-38,46-47H,2-17,26-32H2,1H3,(H,43,48)(H,44,49)(H,50,51)(H,52,53)/t37-,38-/m0/s1. The van der Waals surface area contributed by atoms with Gasteiger partial charge in [-0.15, -0.1) is 0 Å². The first-order valence-electron chi connectivity index (χ1n) is 19.9. The molecule has 0 aliphatic carbocycles. The van der Waals surface area contributed by atoms with Crippen LogP contribution in [-0.4, -0.2) is 80.8 Å². The predicted molar refractivity (Wildman–Crippen MR) is 208 cm³/mol. The van der Waals surface area contributed by atoms with Gasteiger partial charge >= 0.3 is 11.9 Å². The van der Waals surface area contributed by atoms with Crippen molar-refractivity contribution in [3.8, 4) is 11.5 Å². The maximum absolute atomic E-state index is 12.9. The molecule has 0 fully saturated rings. The SMILES string of the molecule is CCCCCCCCCCCCCCCCCCN(CCC(=O)N[C@@H](Cc1ccc(O)cc1)C(=O)O)CCC(=O)N[C@@H](Cc1ccc(O)cc1)C(=O)O. The summed E-state index contributed by atoms with van der Waals surface area (Å²) < 4.78 is 0. The Morgan fingerprint density at radius 1 is 0.509 bits per heavy atom. The Hall–Kier alpha value is -4.12. The highest BCUT2D eigenvalue weighted by atomic mass is 16.4. The van der Waals surface area contributed by atoms with Crippen LogP contribution >= 0.6 is 0 Å². The third-order valence-corrected chi connectivity index (χ3v) is 9.66. The Morgan fingerprint density at radius 3 is 1.15 bits per heavy atom. The average molecular weight is 740 g/mol. The van der Waals surface area contributed by atoms with Gasteiger partial charge < -0.3 is 36.0 Å². The lowest BCUT2D eigenvalue weighted by Crippen LogP contribution is -2.44. The molecule has 53 heavy (non-hydrogen) atoms. The number of phenolic OH excluding ortho intramolecular Hbond substituents is 2. The zero-order valence-electron chi connectivity index (χ0n) is 31.9. The first-order valence-corrected chi connectivity index (χ1v) is 19.9. The summed E-state index contributed by atoms with van der Waals surface area (Å²) in [5.41, 5.74) is 1.33. The first-order chi connectivity index (χ1) is 25.6. The van der Waals surface area contributed by atoms with Crippen LogP contribution in [0.4, 0.5) is 0 Å². The molecule has 11 heteroatoms. The number of carboxylic acids is 2. The van der Waals surface area contributed by atoms with E-state index in [-0.39, 0.29) is 37.2 Å². The van der Waals surface area contributed by atoms with E-state index in [1.807, 2.05) is 4.90 Å². The van der Waals surface area contributed by atoms with Crippen LogP contribution < -0.4 is 10.6 Å². The Labute approximate surface area is 316 Å². The molecule has 2 aromatic rings. The summed E-state index contributed by atoms with van der Waals surface area (Å²) in [5.74, 6) is -3.02. The Balaban J connectivity index is 1.80. The van der Waals surface area contributed by atoms with E-state index in [0.717, 1.165) is 19.3 Å². The van der Waals surface area contributed by atoms with Crippen LogP contribution in [0.3, 0.4) is 0 Å². The van der Waals surface area contributed by atoms with Gasteiger partial charge in [0.15, 0.2) is 0 Å². The molecule has 0 aliphatic rings. The van der Waals surface area contributed by atoms with Gasteiger partial charge in [-0.25, -0.2) is 9.59 Å². The molecule has 11 nitrogen and oxygen atoms in total. The number of nitrogens with one attached hydrogen (secondary N) is 2. The van der Waals surface area contributed by atoms with Gasteiger partial charge in [-0.1, -0.05) is 128 Å². The molecule has 296 valence electrons. The van der Waals surface area contributed by atoms with Crippen molar-refractivity contribution in [1.82, 2.24) is 15.5 Å². The number of benzene rings is 2. The van der Waals surface area contributed by atoms with Crippen LogP contribution in [0, 0.1) is 0 Å². The zero-order chi connectivity index (χ0) is 38.7. The quantitative estimate of drug-likeness (QED) is 0.0431. The maximum Gasteiger partial charge on any atom is 0.326 e. The van der Waals surface area contributed by atoms with Gasteiger partial charge in [-0.2, -0.15) is 0 Å². The Bertz CT molecular complexity index is 1240. The number of carbonyl (C=O) groups excluding carboxylic acids is 2. The number of phenols is 2. The first kappa shape index (κ1) is 45.0. The minimum atomic E-state index is -1.16. The molecule has 2 amide bonds. The molecule has 0 spiro atoms. The van der Waals surface area contributed by atoms with E-state index < -0.39 is 35.8 Å². The number of hydrogen-bond acceptors (Lipinski definition) is 7. The van der Waals surface area contributed by atoms with Gasteiger partial charge in [-0.05, 0) is 48.4 Å². The molecule has 0 saturated heterocycles. The summed E-state index contributed by atoms with van der Waals surface area (Å²) in [5, 5.41) is 43.7. The Morgan fingerprint density at radius 2 is 0.830 bits per heavy atom. The molecule has 0 heterocycles. The third kappa shape index (κ3) is 21.9. The largest absolute Gasteiger partial charge is 0.508 e. The van der Waals surface area contributed by atoms with Crippen LogP contribution in [-0.2, 0) is 32.0 Å². The lowest BCUT2D eigenvalue weighted by Gasteiger charge is -2.23. The van der Waals surface area contributed by atoms with Gasteiger partial charge in [0, 0.05) is 38.8 Å². The fraction of sp³-hybridized carbons (Fsp3) is 0.619. The molecule has 0 unspecified atom stereocenters. The van der Waals surface area contributed by atoms with Crippen molar-refractivity contribution in [3.63, 3.8) is 0 Å². The number of aromatic hydroxyl groups is 2. The van der Waals surface area contributed by atoms with Gasteiger partial charge in [0.2, 0.25) is 11.8 Å². The molecule has 0 saturated carbocycles. The number of hydrogen-bond donors (Lipinski definition) is 6. The van der Waals surface area contributed by atoms with E-state index in [1.165, 1.54) is 108 Å². The van der Waals surface area contributed by atoms with E-state index in [1.54, 1.807) is 24.3 Å². The van der Waals surface area contributed by atoms with Crippen molar-refractivity contribution in [2.24, 2.45) is 0 Å². The van der Waals surface area contributed by atoms with Crippen LogP contribution in [0.1, 0.15) is 134 Å². The second-order valence-electron chi connectivity index (χ2n) is 14.3. The number of carbonyl (C=O) groups is 4. The number of nitrogens with zero attached hydrogens (tertiary/aromatic N) is 1. The van der Waals surface area contributed by atoms with Crippen molar-refractivity contribution in [2.45, 2.75) is 147 Å². The fourth-order valence-corrected chi connectivity index (χ4v) is 6.41. The van der Waals surface area contributed by atoms with Crippen molar-refractivity contribution >= 4 is 23.8 Å². The number of carboxylic acid groups (broad SMARTS) is 2. The molecular formula is C42H65N3O8. The normalized spacial score (nSPS) is 12.3. The van der Waals surface area contributed by atoms with E-state index >= 15 is 0 Å². The fourth-order valence-electron chi connectivity index (χ4n) is 6.41. The number of aliphatic carboxylic acids is 2. The second-order valence-corrected chi connectivity index (χ2v) is 14.3. The van der Waals surface area contributed by atoms with E-state index in [4.69, 9.17) is 0 Å². The average Bonchev–Trinajstić information content (AvgIpc) is 3.13. The topological polar surface area (TPSA) is 176 Å².